The van der Waals surface area contributed by atoms with E-state index in [4.69, 9.17) is 5.26 Å². The molecule has 5 heteroatoms. The van der Waals surface area contributed by atoms with E-state index in [-0.39, 0.29) is 17.9 Å². The van der Waals surface area contributed by atoms with Crippen molar-refractivity contribution in [2.45, 2.75) is 6.92 Å². The van der Waals surface area contributed by atoms with Crippen molar-refractivity contribution >= 4 is 5.97 Å². The van der Waals surface area contributed by atoms with Gasteiger partial charge in [-0.2, -0.15) is 9.65 Å². The quantitative estimate of drug-likeness (QED) is 0.525. The van der Waals surface area contributed by atoms with E-state index in [2.05, 4.69) is 9.72 Å². The maximum absolute atomic E-state index is 12.7. The molecule has 1 rings (SSSR count). The van der Waals surface area contributed by atoms with Crippen molar-refractivity contribution in [3.63, 3.8) is 0 Å². The number of nitriles is 1. The van der Waals surface area contributed by atoms with E-state index in [9.17, 15) is 9.18 Å². The first-order valence-electron chi connectivity index (χ1n) is 3.92. The van der Waals surface area contributed by atoms with Crippen LogP contribution in [0.2, 0.25) is 0 Å². The Kier molecular flexibility index (Phi) is 3.13. The van der Waals surface area contributed by atoms with Gasteiger partial charge >= 0.3 is 5.97 Å². The summed E-state index contributed by atoms with van der Waals surface area (Å²) >= 11 is 0. The fourth-order valence-corrected chi connectivity index (χ4v) is 0.871. The lowest BCUT2D eigenvalue weighted by Gasteiger charge is -2.00. The lowest BCUT2D eigenvalue weighted by atomic mass is 10.2. The van der Waals surface area contributed by atoms with E-state index in [0.717, 1.165) is 6.07 Å². The van der Waals surface area contributed by atoms with Crippen LogP contribution in [0.15, 0.2) is 12.1 Å². The van der Waals surface area contributed by atoms with Gasteiger partial charge in [-0.15, -0.1) is 0 Å². The van der Waals surface area contributed by atoms with Gasteiger partial charge in [-0.25, -0.2) is 9.78 Å². The van der Waals surface area contributed by atoms with Crippen LogP contribution in [-0.4, -0.2) is 17.6 Å². The third kappa shape index (κ3) is 2.26. The molecule has 0 saturated heterocycles. The van der Waals surface area contributed by atoms with Crippen molar-refractivity contribution in [1.82, 2.24) is 4.98 Å². The van der Waals surface area contributed by atoms with E-state index in [1.165, 1.54) is 6.07 Å². The Hall–Kier alpha value is -1.96. The van der Waals surface area contributed by atoms with Gasteiger partial charge in [0, 0.05) is 6.07 Å². The van der Waals surface area contributed by atoms with Crippen molar-refractivity contribution in [3.8, 4) is 6.07 Å². The first kappa shape index (κ1) is 10.1. The highest BCUT2D eigenvalue weighted by atomic mass is 19.1. The van der Waals surface area contributed by atoms with E-state index < -0.39 is 11.9 Å². The van der Waals surface area contributed by atoms with Gasteiger partial charge in [-0.05, 0) is 13.0 Å². The Bertz CT molecular complexity index is 398. The van der Waals surface area contributed by atoms with E-state index in [1.54, 1.807) is 13.0 Å². The molecular weight excluding hydrogens is 187 g/mol. The summed E-state index contributed by atoms with van der Waals surface area (Å²) in [7, 11) is 0. The molecule has 0 amide bonds. The molecule has 0 saturated carbocycles. The average Bonchev–Trinajstić information content (AvgIpc) is 2.17. The lowest BCUT2D eigenvalue weighted by Crippen LogP contribution is -2.08. The smallest absolute Gasteiger partial charge is 0.357 e. The minimum atomic E-state index is -0.868. The molecule has 0 aliphatic rings. The van der Waals surface area contributed by atoms with Gasteiger partial charge in [0.2, 0.25) is 5.95 Å². The number of carbonyl (C=O) groups is 1. The zero-order chi connectivity index (χ0) is 10.6. The van der Waals surface area contributed by atoms with Gasteiger partial charge in [0.15, 0.2) is 5.69 Å². The van der Waals surface area contributed by atoms with Gasteiger partial charge in [0.05, 0.1) is 18.2 Å². The van der Waals surface area contributed by atoms with E-state index in [1.807, 2.05) is 0 Å². The molecule has 0 N–H and O–H groups in total. The average molecular weight is 194 g/mol. The van der Waals surface area contributed by atoms with Crippen molar-refractivity contribution in [3.05, 3.63) is 29.3 Å². The molecule has 0 aromatic carbocycles. The number of hydrogen-bond acceptors (Lipinski definition) is 4. The Labute approximate surface area is 79.9 Å². The Morgan fingerprint density at radius 2 is 2.43 bits per heavy atom. The molecule has 1 aromatic rings. The van der Waals surface area contributed by atoms with Crippen LogP contribution in [0.3, 0.4) is 0 Å². The normalized spacial score (nSPS) is 9.21. The van der Waals surface area contributed by atoms with Gasteiger partial charge in [-0.1, -0.05) is 0 Å². The number of halogens is 1. The number of nitrogens with zero attached hydrogens (tertiary/aromatic N) is 2. The second kappa shape index (κ2) is 4.33. The number of esters is 1. The van der Waals surface area contributed by atoms with Crippen LogP contribution in [0, 0.1) is 17.3 Å². The molecule has 0 aliphatic carbocycles. The first-order chi connectivity index (χ1) is 6.67. The summed E-state index contributed by atoms with van der Waals surface area (Å²) in [6, 6.07) is 3.85. The van der Waals surface area contributed by atoms with Crippen LogP contribution < -0.4 is 0 Å². The summed E-state index contributed by atoms with van der Waals surface area (Å²) in [6.45, 7) is 1.81. The Balaban J connectivity index is 3.04. The monoisotopic (exact) mass is 194 g/mol. The molecule has 1 heterocycles. The molecular formula is C9H7FN2O2. The molecule has 0 atom stereocenters. The fourth-order valence-electron chi connectivity index (χ4n) is 0.871. The van der Waals surface area contributed by atoms with Crippen LogP contribution in [0.1, 0.15) is 23.0 Å². The van der Waals surface area contributed by atoms with Gasteiger partial charge in [0.25, 0.3) is 0 Å². The van der Waals surface area contributed by atoms with Crippen molar-refractivity contribution in [2.24, 2.45) is 0 Å². The molecule has 0 bridgehead atoms. The highest BCUT2D eigenvalue weighted by Gasteiger charge is 2.11. The minimum absolute atomic E-state index is 0.0422. The first-order valence-corrected chi connectivity index (χ1v) is 3.92. The molecule has 4 nitrogen and oxygen atoms in total. The third-order valence-corrected chi connectivity index (χ3v) is 1.41. The third-order valence-electron chi connectivity index (χ3n) is 1.41. The summed E-state index contributed by atoms with van der Waals surface area (Å²) in [4.78, 5) is 14.4. The predicted octanol–water partition coefficient (Wildman–Crippen LogP) is 1.27. The molecule has 0 fully saturated rings. The summed E-state index contributed by atoms with van der Waals surface area (Å²) in [5.74, 6) is -1.60. The molecule has 0 radical (unpaired) electrons. The van der Waals surface area contributed by atoms with Crippen molar-refractivity contribution in [1.29, 1.82) is 5.26 Å². The Morgan fingerprint density at radius 3 is 3.00 bits per heavy atom. The largest absolute Gasteiger partial charge is 0.461 e. The summed E-state index contributed by atoms with van der Waals surface area (Å²) in [5.41, 5.74) is -0.149. The second-order valence-corrected chi connectivity index (χ2v) is 2.40. The lowest BCUT2D eigenvalue weighted by molar-refractivity contribution is 0.0518. The standard InChI is InChI=1S/C9H7FN2O2/c1-2-14-9(13)7-3-6(5-11)4-8(10)12-7/h3-4H,2H2,1H3. The number of rotatable bonds is 2. The molecule has 14 heavy (non-hydrogen) atoms. The van der Waals surface area contributed by atoms with Crippen LogP contribution in [0.5, 0.6) is 0 Å². The van der Waals surface area contributed by atoms with Crippen molar-refractivity contribution in [2.75, 3.05) is 6.61 Å². The maximum Gasteiger partial charge on any atom is 0.357 e. The summed E-state index contributed by atoms with van der Waals surface area (Å²) in [6.07, 6.45) is 0. The maximum atomic E-state index is 12.7. The van der Waals surface area contributed by atoms with Crippen LogP contribution >= 0.6 is 0 Å². The number of ether oxygens (including phenoxy) is 1. The highest BCUT2D eigenvalue weighted by molar-refractivity contribution is 5.87. The molecule has 0 spiro atoms. The topological polar surface area (TPSA) is 63.0 Å². The highest BCUT2D eigenvalue weighted by Crippen LogP contribution is 2.05. The van der Waals surface area contributed by atoms with Gasteiger partial charge < -0.3 is 4.74 Å². The molecule has 1 aromatic heterocycles. The van der Waals surface area contributed by atoms with Crippen LogP contribution in [0.4, 0.5) is 4.39 Å². The summed E-state index contributed by atoms with van der Waals surface area (Å²) in [5, 5.41) is 8.50. The zero-order valence-electron chi connectivity index (χ0n) is 7.45. The number of aromatic nitrogens is 1. The van der Waals surface area contributed by atoms with E-state index >= 15 is 0 Å². The molecule has 0 aliphatic heterocycles. The SMILES string of the molecule is CCOC(=O)c1cc(C#N)cc(F)n1. The van der Waals surface area contributed by atoms with Crippen molar-refractivity contribution < 1.29 is 13.9 Å². The number of pyridine rings is 1. The van der Waals surface area contributed by atoms with Gasteiger partial charge in [0.1, 0.15) is 0 Å². The van der Waals surface area contributed by atoms with Crippen LogP contribution in [0.25, 0.3) is 0 Å². The molecule has 72 valence electrons. The van der Waals surface area contributed by atoms with Crippen LogP contribution in [-0.2, 0) is 4.74 Å². The second-order valence-electron chi connectivity index (χ2n) is 2.40. The zero-order valence-corrected chi connectivity index (χ0v) is 7.45. The molecule has 0 unspecified atom stereocenters. The number of carbonyl (C=O) groups excluding carboxylic acids is 1. The fraction of sp³-hybridized carbons (Fsp3) is 0.222. The minimum Gasteiger partial charge on any atom is -0.461 e. The Morgan fingerprint density at radius 1 is 1.71 bits per heavy atom. The predicted molar refractivity (Wildman–Crippen MR) is 44.9 cm³/mol. The number of hydrogen-bond donors (Lipinski definition) is 0. The van der Waals surface area contributed by atoms with Gasteiger partial charge in [-0.3, -0.25) is 0 Å². The summed E-state index contributed by atoms with van der Waals surface area (Å²) < 4.78 is 17.4. The van der Waals surface area contributed by atoms with E-state index in [0.29, 0.717) is 0 Å².